The molecule has 0 amide bonds. The van der Waals surface area contributed by atoms with Gasteiger partial charge in [-0.1, -0.05) is 41.1 Å². The molecule has 0 unspecified atom stereocenters. The van der Waals surface area contributed by atoms with E-state index in [9.17, 15) is 0 Å². The summed E-state index contributed by atoms with van der Waals surface area (Å²) in [6.07, 6.45) is 3.70. The summed E-state index contributed by atoms with van der Waals surface area (Å²) in [5.41, 5.74) is 2.11. The second kappa shape index (κ2) is 7.50. The summed E-state index contributed by atoms with van der Waals surface area (Å²) in [4.78, 5) is 0. The third-order valence-corrected chi connectivity index (χ3v) is 5.58. The highest BCUT2D eigenvalue weighted by atomic mass is 35.5. The molecule has 4 aromatic rings. The van der Waals surface area contributed by atoms with E-state index in [1.54, 1.807) is 6.20 Å². The molecule has 3 heterocycles. The maximum absolute atomic E-state index is 6.22. The number of hydrogen-bond donors (Lipinski definition) is 1. The van der Waals surface area contributed by atoms with Crippen LogP contribution in [0.4, 0.5) is 10.9 Å². The van der Waals surface area contributed by atoms with Crippen LogP contribution in [-0.4, -0.2) is 29.8 Å². The number of aryl methyl sites for hydroxylation is 1. The minimum absolute atomic E-state index is 0.0332. The maximum atomic E-state index is 6.22. The quantitative estimate of drug-likeness (QED) is 0.523. The average molecular weight is 400 g/mol. The lowest BCUT2D eigenvalue weighted by Crippen LogP contribution is -2.09. The summed E-state index contributed by atoms with van der Waals surface area (Å²) in [7, 11) is 0. The summed E-state index contributed by atoms with van der Waals surface area (Å²) >= 11 is 7.71. The Morgan fingerprint density at radius 3 is 2.81 bits per heavy atom. The summed E-state index contributed by atoms with van der Waals surface area (Å²) in [6.45, 7) is 4.69. The van der Waals surface area contributed by atoms with Gasteiger partial charge in [0.15, 0.2) is 5.82 Å². The van der Waals surface area contributed by atoms with Crippen molar-refractivity contribution in [2.45, 2.75) is 26.4 Å². The van der Waals surface area contributed by atoms with Gasteiger partial charge in [-0.25, -0.2) is 0 Å². The molecule has 1 N–H and O–H groups in total. The van der Waals surface area contributed by atoms with Crippen molar-refractivity contribution in [1.82, 2.24) is 29.8 Å². The molecule has 0 fully saturated rings. The summed E-state index contributed by atoms with van der Waals surface area (Å²) < 4.78 is 3.77. The van der Waals surface area contributed by atoms with E-state index in [0.29, 0.717) is 17.5 Å². The Morgan fingerprint density at radius 1 is 1.19 bits per heavy atom. The van der Waals surface area contributed by atoms with Crippen LogP contribution < -0.4 is 5.32 Å². The van der Waals surface area contributed by atoms with E-state index in [4.69, 9.17) is 11.6 Å². The van der Waals surface area contributed by atoms with Crippen molar-refractivity contribution >= 4 is 33.9 Å². The van der Waals surface area contributed by atoms with Crippen LogP contribution in [0.3, 0.4) is 0 Å². The number of hydrogen-bond acceptors (Lipinski definition) is 6. The third-order valence-electron chi connectivity index (χ3n) is 4.20. The molecule has 1 atom stereocenters. The monoisotopic (exact) mass is 399 g/mol. The van der Waals surface area contributed by atoms with Crippen molar-refractivity contribution in [3.8, 4) is 0 Å². The lowest BCUT2D eigenvalue weighted by atomic mass is 10.2. The molecule has 0 bridgehead atoms. The zero-order valence-corrected chi connectivity index (χ0v) is 16.4. The third kappa shape index (κ3) is 3.86. The second-order valence-electron chi connectivity index (χ2n) is 6.15. The fourth-order valence-electron chi connectivity index (χ4n) is 2.77. The van der Waals surface area contributed by atoms with Crippen molar-refractivity contribution in [2.24, 2.45) is 0 Å². The number of nitrogens with one attached hydrogen (secondary N) is 1. The highest BCUT2D eigenvalue weighted by molar-refractivity contribution is 7.15. The molecular formula is C18H18ClN7S. The highest BCUT2D eigenvalue weighted by Gasteiger charge is 2.16. The molecule has 0 saturated heterocycles. The molecule has 0 aliphatic heterocycles. The molecule has 1 aromatic carbocycles. The highest BCUT2D eigenvalue weighted by Crippen LogP contribution is 2.26. The number of rotatable bonds is 6. The van der Waals surface area contributed by atoms with Gasteiger partial charge in [-0.3, -0.25) is 9.36 Å². The first-order chi connectivity index (χ1) is 13.1. The van der Waals surface area contributed by atoms with Crippen LogP contribution in [0.25, 0.3) is 0 Å². The Kier molecular flexibility index (Phi) is 4.91. The molecular weight excluding hydrogens is 382 g/mol. The molecule has 0 saturated carbocycles. The standard InChI is InChI=1S/C18H18ClN7S/c1-12-7-9-20-26(12)13(2)17-22-23-18(27-17)21-16-8-10-25(24-16)11-14-5-3-4-6-15(14)19/h3-10,13H,11H2,1-2H3,(H,21,23,24)/t13-/m0/s1. The average Bonchev–Trinajstić information content (AvgIpc) is 3.39. The minimum Gasteiger partial charge on any atom is -0.313 e. The molecule has 0 aliphatic rings. The zero-order valence-electron chi connectivity index (χ0n) is 14.9. The first-order valence-electron chi connectivity index (χ1n) is 8.47. The predicted octanol–water partition coefficient (Wildman–Crippen LogP) is 4.29. The first kappa shape index (κ1) is 17.7. The van der Waals surface area contributed by atoms with Gasteiger partial charge in [0.05, 0.1) is 6.54 Å². The lowest BCUT2D eigenvalue weighted by Gasteiger charge is -2.10. The van der Waals surface area contributed by atoms with Gasteiger partial charge in [-0.05, 0) is 31.5 Å². The SMILES string of the molecule is Cc1ccnn1[C@@H](C)c1nnc(Nc2ccn(Cc3ccccc3Cl)n2)s1. The number of anilines is 2. The van der Waals surface area contributed by atoms with Gasteiger partial charge in [0, 0.05) is 29.2 Å². The van der Waals surface area contributed by atoms with Gasteiger partial charge in [0.25, 0.3) is 0 Å². The van der Waals surface area contributed by atoms with Crippen molar-refractivity contribution in [3.05, 3.63) is 70.1 Å². The Balaban J connectivity index is 1.45. The van der Waals surface area contributed by atoms with Crippen molar-refractivity contribution in [3.63, 3.8) is 0 Å². The summed E-state index contributed by atoms with van der Waals surface area (Å²) in [5.74, 6) is 0.715. The second-order valence-corrected chi connectivity index (χ2v) is 7.57. The van der Waals surface area contributed by atoms with Gasteiger partial charge >= 0.3 is 0 Å². The zero-order chi connectivity index (χ0) is 18.8. The molecule has 0 aliphatic carbocycles. The minimum atomic E-state index is 0.0332. The van der Waals surface area contributed by atoms with E-state index in [2.05, 4.69) is 32.6 Å². The van der Waals surface area contributed by atoms with Gasteiger partial charge in [0.2, 0.25) is 5.13 Å². The number of nitrogens with zero attached hydrogens (tertiary/aromatic N) is 6. The maximum Gasteiger partial charge on any atom is 0.211 e. The molecule has 0 radical (unpaired) electrons. The van der Waals surface area contributed by atoms with Crippen molar-refractivity contribution in [1.29, 1.82) is 0 Å². The molecule has 4 rings (SSSR count). The summed E-state index contributed by atoms with van der Waals surface area (Å²) in [5, 5.41) is 22.9. The van der Waals surface area contributed by atoms with E-state index in [-0.39, 0.29) is 6.04 Å². The van der Waals surface area contributed by atoms with Crippen LogP contribution >= 0.6 is 22.9 Å². The number of halogens is 1. The molecule has 138 valence electrons. The fourth-order valence-corrected chi connectivity index (χ4v) is 3.75. The first-order valence-corrected chi connectivity index (χ1v) is 9.67. The van der Waals surface area contributed by atoms with E-state index >= 15 is 0 Å². The van der Waals surface area contributed by atoms with E-state index in [1.165, 1.54) is 11.3 Å². The van der Waals surface area contributed by atoms with Gasteiger partial charge < -0.3 is 5.32 Å². The number of aromatic nitrogens is 6. The Hall–Kier alpha value is -2.71. The molecule has 3 aromatic heterocycles. The van der Waals surface area contributed by atoms with Gasteiger partial charge in [0.1, 0.15) is 11.0 Å². The molecule has 9 heteroatoms. The molecule has 0 spiro atoms. The largest absolute Gasteiger partial charge is 0.313 e. The predicted molar refractivity (Wildman–Crippen MR) is 107 cm³/mol. The smallest absolute Gasteiger partial charge is 0.211 e. The van der Waals surface area contributed by atoms with Crippen LogP contribution in [0.2, 0.25) is 5.02 Å². The summed E-state index contributed by atoms with van der Waals surface area (Å²) in [6, 6.07) is 11.7. The topological polar surface area (TPSA) is 73.5 Å². The van der Waals surface area contributed by atoms with Crippen LogP contribution in [-0.2, 0) is 6.54 Å². The lowest BCUT2D eigenvalue weighted by molar-refractivity contribution is 0.543. The Labute approximate surface area is 165 Å². The van der Waals surface area contributed by atoms with Crippen LogP contribution in [0, 0.1) is 6.92 Å². The number of benzene rings is 1. The van der Waals surface area contributed by atoms with E-state index in [0.717, 1.165) is 21.3 Å². The molecule has 27 heavy (non-hydrogen) atoms. The fraction of sp³-hybridized carbons (Fsp3) is 0.222. The van der Waals surface area contributed by atoms with Crippen molar-refractivity contribution in [2.75, 3.05) is 5.32 Å². The van der Waals surface area contributed by atoms with E-state index < -0.39 is 0 Å². The molecule has 7 nitrogen and oxygen atoms in total. The van der Waals surface area contributed by atoms with Gasteiger partial charge in [-0.2, -0.15) is 10.2 Å². The van der Waals surface area contributed by atoms with Crippen LogP contribution in [0.15, 0.2) is 48.8 Å². The van der Waals surface area contributed by atoms with Gasteiger partial charge in [-0.15, -0.1) is 10.2 Å². The van der Waals surface area contributed by atoms with E-state index in [1.807, 2.05) is 58.9 Å². The van der Waals surface area contributed by atoms with Crippen molar-refractivity contribution < 1.29 is 0 Å². The van der Waals surface area contributed by atoms with Crippen LogP contribution in [0.5, 0.6) is 0 Å². The van der Waals surface area contributed by atoms with Crippen LogP contribution in [0.1, 0.15) is 29.2 Å². The Bertz CT molecular complexity index is 1050. The normalized spacial score (nSPS) is 12.3. The Morgan fingerprint density at radius 2 is 2.04 bits per heavy atom.